The van der Waals surface area contributed by atoms with Crippen LogP contribution in [0.1, 0.15) is 72.4 Å². The average molecular weight is 462 g/mol. The minimum Gasteiger partial charge on any atom is -0.110 e. The maximum Gasteiger partial charge on any atom is 0.0000274 e. The van der Waals surface area contributed by atoms with Gasteiger partial charge in [-0.15, -0.1) is 17.9 Å². The van der Waals surface area contributed by atoms with Gasteiger partial charge in [-0.25, -0.2) is 0 Å². The van der Waals surface area contributed by atoms with Gasteiger partial charge in [-0.05, 0) is 84.7 Å². The van der Waals surface area contributed by atoms with Crippen LogP contribution in [0.3, 0.4) is 0 Å². The van der Waals surface area contributed by atoms with Crippen LogP contribution in [0.4, 0.5) is 0 Å². The molecule has 2 aromatic carbocycles. The van der Waals surface area contributed by atoms with E-state index in [1.54, 1.807) is 5.56 Å². The van der Waals surface area contributed by atoms with Crippen molar-refractivity contribution in [2.45, 2.75) is 71.9 Å². The molecule has 1 fully saturated rings. The first kappa shape index (κ1) is 23.8. The van der Waals surface area contributed by atoms with Crippen LogP contribution < -0.4 is 0 Å². The van der Waals surface area contributed by atoms with E-state index >= 15 is 0 Å². The summed E-state index contributed by atoms with van der Waals surface area (Å²) in [4.78, 5) is 0. The molecule has 0 N–H and O–H groups in total. The second-order valence-electron chi connectivity index (χ2n) is 8.88. The molecule has 0 aromatic heterocycles. The predicted molar refractivity (Wildman–Crippen MR) is 143 cm³/mol. The Kier molecular flexibility index (Phi) is 9.60. The molecule has 4 unspecified atom stereocenters. The molecule has 0 heterocycles. The van der Waals surface area contributed by atoms with Gasteiger partial charge in [0.05, 0.1) is 0 Å². The molecular weight excluding hydrogens is 424 g/mol. The minimum atomic E-state index is 0.0704. The van der Waals surface area contributed by atoms with Crippen LogP contribution in [-0.2, 0) is 19.0 Å². The van der Waals surface area contributed by atoms with Gasteiger partial charge in [-0.1, -0.05) is 77.8 Å². The summed E-state index contributed by atoms with van der Waals surface area (Å²) in [6.45, 7) is 7.04. The molecule has 2 aromatic rings. The Bertz CT molecular complexity index is 776. The van der Waals surface area contributed by atoms with Crippen LogP contribution in [0.5, 0.6) is 0 Å². The molecule has 4 heteroatoms. The molecule has 0 saturated heterocycles. The lowest BCUT2D eigenvalue weighted by molar-refractivity contribution is 0.268. The largest absolute Gasteiger partial charge is 0.110 e. The van der Waals surface area contributed by atoms with Crippen molar-refractivity contribution in [2.75, 3.05) is 0 Å². The summed E-state index contributed by atoms with van der Waals surface area (Å²) in [5.41, 5.74) is 9.04. The Balaban J connectivity index is 1.63. The molecule has 3 rings (SSSR count). The molecule has 1 aliphatic carbocycles. The van der Waals surface area contributed by atoms with Crippen LogP contribution in [0.2, 0.25) is 0 Å². The lowest BCUT2D eigenvalue weighted by atomic mass is 9.77. The summed E-state index contributed by atoms with van der Waals surface area (Å²) >= 11 is 0. The van der Waals surface area contributed by atoms with Gasteiger partial charge in [0.15, 0.2) is 0 Å². The van der Waals surface area contributed by atoms with Gasteiger partial charge in [0.25, 0.3) is 0 Å². The zero-order valence-corrected chi connectivity index (χ0v) is 22.6. The molecule has 0 radical (unpaired) electrons. The quantitative estimate of drug-likeness (QED) is 0.344. The Morgan fingerprint density at radius 2 is 1.41 bits per heavy atom. The fourth-order valence-electron chi connectivity index (χ4n) is 4.73. The SMILES string of the molecule is CCC1CCC(Cc2ccc(Cc3ccc(CP(P)PP)cc3)c(C)c2C)CC1. The van der Waals surface area contributed by atoms with Crippen molar-refractivity contribution in [1.29, 1.82) is 0 Å². The Morgan fingerprint density at radius 3 is 2.03 bits per heavy atom. The van der Waals surface area contributed by atoms with Crippen molar-refractivity contribution in [2.24, 2.45) is 11.8 Å². The molecule has 4 atom stereocenters. The van der Waals surface area contributed by atoms with Gasteiger partial charge in [-0.3, -0.25) is 0 Å². The van der Waals surface area contributed by atoms with Gasteiger partial charge in [0.1, 0.15) is 0 Å². The van der Waals surface area contributed by atoms with Crippen molar-refractivity contribution < 1.29 is 0 Å². The molecule has 0 amide bonds. The van der Waals surface area contributed by atoms with Gasteiger partial charge < -0.3 is 0 Å². The highest BCUT2D eigenvalue weighted by molar-refractivity contribution is 8.60. The average Bonchev–Trinajstić information content (AvgIpc) is 2.75. The number of hydrogen-bond donors (Lipinski definition) is 0. The van der Waals surface area contributed by atoms with Crippen molar-refractivity contribution >= 4 is 33.1 Å². The van der Waals surface area contributed by atoms with E-state index in [9.17, 15) is 0 Å². The van der Waals surface area contributed by atoms with E-state index in [1.807, 2.05) is 0 Å². The lowest BCUT2D eigenvalue weighted by Crippen LogP contribution is -2.16. The predicted octanol–water partition coefficient (Wildman–Crippen LogP) is 8.81. The zero-order chi connectivity index (χ0) is 20.8. The van der Waals surface area contributed by atoms with E-state index in [0.29, 0.717) is 0 Å². The molecule has 1 saturated carbocycles. The van der Waals surface area contributed by atoms with Crippen LogP contribution in [-0.4, -0.2) is 0 Å². The fraction of sp³-hybridized carbons (Fsp3) is 0.520. The molecule has 0 spiro atoms. The normalized spacial score (nSPS) is 21.0. The lowest BCUT2D eigenvalue weighted by Gasteiger charge is -2.28. The highest BCUT2D eigenvalue weighted by atomic mass is 32.6. The molecule has 0 nitrogen and oxygen atoms in total. The third kappa shape index (κ3) is 6.82. The highest BCUT2D eigenvalue weighted by Crippen LogP contribution is 2.67. The molecular formula is C25H38P4. The maximum atomic E-state index is 3.03. The first-order chi connectivity index (χ1) is 14.0. The number of hydrogen-bond acceptors (Lipinski definition) is 0. The Hall–Kier alpha value is 0.160. The Morgan fingerprint density at radius 1 is 0.862 bits per heavy atom. The van der Waals surface area contributed by atoms with E-state index in [-0.39, 0.29) is 7.30 Å². The fourth-order valence-corrected chi connectivity index (χ4v) is 7.70. The first-order valence-corrected chi connectivity index (χ1v) is 17.9. The maximum absolute atomic E-state index is 3.03. The van der Waals surface area contributed by atoms with Crippen LogP contribution in [0, 0.1) is 25.7 Å². The van der Waals surface area contributed by atoms with Gasteiger partial charge in [0.2, 0.25) is 0 Å². The van der Waals surface area contributed by atoms with Crippen LogP contribution in [0.15, 0.2) is 36.4 Å². The summed E-state index contributed by atoms with van der Waals surface area (Å²) in [5, 5.41) is 0. The molecule has 29 heavy (non-hydrogen) atoms. The standard InChI is InChI=1S/C25H38P4/c1-4-20-5-7-21(8-6-20)15-24-13-14-25(19(3)18(24)2)16-22-9-11-23(12-10-22)17-29(27)28-26/h9-14,20-21,28H,4-8,15-17,26-27H2,1-3H3. The van der Waals surface area contributed by atoms with Gasteiger partial charge in [-0.2, -0.15) is 0 Å². The molecule has 1 aliphatic rings. The van der Waals surface area contributed by atoms with E-state index in [2.05, 4.69) is 75.0 Å². The highest BCUT2D eigenvalue weighted by Gasteiger charge is 2.21. The van der Waals surface area contributed by atoms with Crippen LogP contribution >= 0.6 is 33.1 Å². The third-order valence-electron chi connectivity index (χ3n) is 7.00. The molecule has 158 valence electrons. The third-order valence-corrected chi connectivity index (χ3v) is 17.1. The van der Waals surface area contributed by atoms with Crippen molar-refractivity contribution in [1.82, 2.24) is 0 Å². The second kappa shape index (κ2) is 11.7. The van der Waals surface area contributed by atoms with E-state index < -0.39 is 0 Å². The van der Waals surface area contributed by atoms with Crippen LogP contribution in [0.25, 0.3) is 0 Å². The summed E-state index contributed by atoms with van der Waals surface area (Å²) in [6, 6.07) is 14.2. The summed E-state index contributed by atoms with van der Waals surface area (Å²) in [7, 11) is 6.97. The topological polar surface area (TPSA) is 0 Å². The van der Waals surface area contributed by atoms with Gasteiger partial charge in [0, 0.05) is 6.16 Å². The second-order valence-corrected chi connectivity index (χ2v) is 18.6. The first-order valence-electron chi connectivity index (χ1n) is 11.1. The molecule has 0 aliphatic heterocycles. The van der Waals surface area contributed by atoms with E-state index in [0.717, 1.165) is 26.2 Å². The monoisotopic (exact) mass is 462 g/mol. The summed E-state index contributed by atoms with van der Waals surface area (Å²) in [5.74, 6) is 1.89. The van der Waals surface area contributed by atoms with E-state index in [4.69, 9.17) is 0 Å². The van der Waals surface area contributed by atoms with Crippen molar-refractivity contribution in [3.8, 4) is 0 Å². The smallest absolute Gasteiger partial charge is 0.0000274 e. The zero-order valence-electron chi connectivity index (χ0n) is 18.4. The Labute approximate surface area is 186 Å². The van der Waals surface area contributed by atoms with Crippen molar-refractivity contribution in [3.63, 3.8) is 0 Å². The van der Waals surface area contributed by atoms with Crippen molar-refractivity contribution in [3.05, 3.63) is 69.8 Å². The summed E-state index contributed by atoms with van der Waals surface area (Å²) in [6.07, 6.45) is 10.7. The minimum absolute atomic E-state index is 0.0704. The number of benzene rings is 2. The molecule has 0 bridgehead atoms. The van der Waals surface area contributed by atoms with Gasteiger partial charge >= 0.3 is 0 Å². The summed E-state index contributed by atoms with van der Waals surface area (Å²) < 4.78 is 0. The number of rotatable bonds is 8. The van der Waals surface area contributed by atoms with E-state index in [1.165, 1.54) is 72.5 Å².